The number of hydrogen-bond acceptors (Lipinski definition) is 0. The molecule has 0 N–H and O–H groups in total. The van der Waals surface area contributed by atoms with Gasteiger partial charge in [0, 0.05) is 4.47 Å². The molecule has 3 aromatic carbocycles. The van der Waals surface area contributed by atoms with Crippen molar-refractivity contribution in [2.75, 3.05) is 0 Å². The molecule has 3 aromatic rings. The molecule has 1 aliphatic rings. The monoisotopic (exact) mass is 332 g/mol. The molecule has 0 aromatic heterocycles. The van der Waals surface area contributed by atoms with Gasteiger partial charge < -0.3 is 0 Å². The molecule has 0 unspecified atom stereocenters. The van der Waals surface area contributed by atoms with E-state index in [1.807, 2.05) is 6.07 Å². The smallest absolute Gasteiger partial charge is 0.0254 e. The zero-order valence-corrected chi connectivity index (χ0v) is 13.0. The van der Waals surface area contributed by atoms with E-state index in [0.29, 0.717) is 0 Å². The van der Waals surface area contributed by atoms with Crippen LogP contribution in [0.3, 0.4) is 0 Å². The van der Waals surface area contributed by atoms with Crippen molar-refractivity contribution in [2.45, 2.75) is 0 Å². The first-order valence-corrected chi connectivity index (χ1v) is 7.79. The molecule has 0 heterocycles. The van der Waals surface area contributed by atoms with Crippen molar-refractivity contribution >= 4 is 28.1 Å². The normalized spacial score (nSPS) is 12.7. The van der Waals surface area contributed by atoms with Crippen molar-refractivity contribution in [1.82, 2.24) is 0 Å². The Hall–Kier alpha value is -2.12. The summed E-state index contributed by atoms with van der Waals surface area (Å²) < 4.78 is 1.13. The maximum Gasteiger partial charge on any atom is 0.0254 e. The summed E-state index contributed by atoms with van der Waals surface area (Å²) >= 11 is 3.70. The molecular formula is C20H13Br. The fourth-order valence-corrected chi connectivity index (χ4v) is 3.35. The largest absolute Gasteiger partial charge is 0.0622 e. The maximum atomic E-state index is 3.70. The van der Waals surface area contributed by atoms with Crippen molar-refractivity contribution in [1.29, 1.82) is 0 Å². The Kier molecular flexibility index (Phi) is 3.01. The molecule has 0 amide bonds. The third-order valence-corrected chi connectivity index (χ3v) is 4.59. The van der Waals surface area contributed by atoms with Gasteiger partial charge >= 0.3 is 0 Å². The molecule has 0 atom stereocenters. The lowest BCUT2D eigenvalue weighted by Gasteiger charge is -2.02. The predicted octanol–water partition coefficient (Wildman–Crippen LogP) is 4.09. The highest BCUT2D eigenvalue weighted by Crippen LogP contribution is 2.25. The number of benzene rings is 3. The molecule has 1 aliphatic carbocycles. The molecule has 0 nitrogen and oxygen atoms in total. The molecule has 0 bridgehead atoms. The summed E-state index contributed by atoms with van der Waals surface area (Å²) in [5.74, 6) is 0. The summed E-state index contributed by atoms with van der Waals surface area (Å²) in [7, 11) is 0. The lowest BCUT2D eigenvalue weighted by molar-refractivity contribution is 1.48. The van der Waals surface area contributed by atoms with E-state index < -0.39 is 0 Å². The minimum Gasteiger partial charge on any atom is -0.0622 e. The van der Waals surface area contributed by atoms with E-state index in [-0.39, 0.29) is 0 Å². The molecule has 0 fully saturated rings. The topological polar surface area (TPSA) is 0 Å². The first kappa shape index (κ1) is 12.6. The molecule has 1 heteroatoms. The van der Waals surface area contributed by atoms with Gasteiger partial charge in [0.15, 0.2) is 0 Å². The van der Waals surface area contributed by atoms with Gasteiger partial charge in [0.05, 0.1) is 0 Å². The van der Waals surface area contributed by atoms with Crippen molar-refractivity contribution in [2.24, 2.45) is 0 Å². The van der Waals surface area contributed by atoms with Crippen LogP contribution in [0.5, 0.6) is 0 Å². The van der Waals surface area contributed by atoms with E-state index in [4.69, 9.17) is 0 Å². The average molecular weight is 333 g/mol. The number of rotatable bonds is 1. The van der Waals surface area contributed by atoms with E-state index in [9.17, 15) is 0 Å². The van der Waals surface area contributed by atoms with E-state index in [1.54, 1.807) is 0 Å². The summed E-state index contributed by atoms with van der Waals surface area (Å²) in [6, 6.07) is 23.4. The van der Waals surface area contributed by atoms with Crippen LogP contribution >= 0.6 is 15.9 Å². The molecule has 21 heavy (non-hydrogen) atoms. The number of halogens is 1. The summed E-state index contributed by atoms with van der Waals surface area (Å²) in [5, 5.41) is 2.55. The van der Waals surface area contributed by atoms with Gasteiger partial charge in [0.25, 0.3) is 0 Å². The predicted molar refractivity (Wildman–Crippen MR) is 92.4 cm³/mol. The highest BCUT2D eigenvalue weighted by molar-refractivity contribution is 9.10. The van der Waals surface area contributed by atoms with Crippen LogP contribution in [0.1, 0.15) is 11.1 Å². The van der Waals surface area contributed by atoms with Crippen molar-refractivity contribution in [3.63, 3.8) is 0 Å². The molecule has 100 valence electrons. The van der Waals surface area contributed by atoms with Gasteiger partial charge in [-0.1, -0.05) is 76.6 Å². The zero-order valence-electron chi connectivity index (χ0n) is 11.4. The van der Waals surface area contributed by atoms with E-state index >= 15 is 0 Å². The Morgan fingerprint density at radius 3 is 2.33 bits per heavy atom. The van der Waals surface area contributed by atoms with E-state index in [1.165, 1.54) is 32.7 Å². The van der Waals surface area contributed by atoms with Crippen molar-refractivity contribution in [3.8, 4) is 11.1 Å². The molecule has 0 radical (unpaired) electrons. The van der Waals surface area contributed by atoms with Crippen molar-refractivity contribution in [3.05, 3.63) is 92.8 Å². The maximum absolute atomic E-state index is 3.70. The fraction of sp³-hybridized carbons (Fsp3) is 0. The molecule has 0 spiro atoms. The SMILES string of the molecule is Brc1ccc2c(c1=Cc1ccccc1)=Cc1ccccc1-2. The van der Waals surface area contributed by atoms with Crippen LogP contribution in [0.15, 0.2) is 71.2 Å². The standard InChI is InChI=1S/C20H13Br/c21-20-11-10-17-16-9-5-4-8-15(16)13-18(17)19(20)12-14-6-2-1-3-7-14/h1-13H. The molecular weight excluding hydrogens is 320 g/mol. The van der Waals surface area contributed by atoms with Crippen LogP contribution in [-0.2, 0) is 0 Å². The number of hydrogen-bond donors (Lipinski definition) is 0. The third-order valence-electron chi connectivity index (χ3n) is 3.90. The minimum absolute atomic E-state index is 1.13. The van der Waals surface area contributed by atoms with Gasteiger partial charge in [-0.2, -0.15) is 0 Å². The van der Waals surface area contributed by atoms with Crippen LogP contribution in [0.25, 0.3) is 23.3 Å². The molecule has 0 saturated heterocycles. The number of fused-ring (bicyclic) bond motifs is 3. The van der Waals surface area contributed by atoms with Crippen molar-refractivity contribution < 1.29 is 0 Å². The van der Waals surface area contributed by atoms with Gasteiger partial charge in [-0.15, -0.1) is 0 Å². The van der Waals surface area contributed by atoms with Gasteiger partial charge in [-0.3, -0.25) is 0 Å². The van der Waals surface area contributed by atoms with Gasteiger partial charge in [-0.05, 0) is 50.9 Å². The molecule has 4 rings (SSSR count). The van der Waals surface area contributed by atoms with Crippen LogP contribution in [0, 0.1) is 0 Å². The molecule has 0 saturated carbocycles. The lowest BCUT2D eigenvalue weighted by atomic mass is 10.0. The van der Waals surface area contributed by atoms with Crippen LogP contribution in [-0.4, -0.2) is 0 Å². The van der Waals surface area contributed by atoms with Crippen LogP contribution in [0.4, 0.5) is 0 Å². The highest BCUT2D eigenvalue weighted by atomic mass is 79.9. The quantitative estimate of drug-likeness (QED) is 0.492. The summed E-state index contributed by atoms with van der Waals surface area (Å²) in [6.45, 7) is 0. The van der Waals surface area contributed by atoms with Gasteiger partial charge in [-0.25, -0.2) is 0 Å². The van der Waals surface area contributed by atoms with E-state index in [2.05, 4.69) is 88.7 Å². The Morgan fingerprint density at radius 2 is 1.48 bits per heavy atom. The summed E-state index contributed by atoms with van der Waals surface area (Å²) in [4.78, 5) is 0. The van der Waals surface area contributed by atoms with E-state index in [0.717, 1.165) is 4.47 Å². The lowest BCUT2D eigenvalue weighted by Crippen LogP contribution is -2.26. The van der Waals surface area contributed by atoms with Gasteiger partial charge in [0.2, 0.25) is 0 Å². The first-order valence-electron chi connectivity index (χ1n) is 6.99. The Bertz CT molecular complexity index is 937. The Labute approximate surface area is 132 Å². The third kappa shape index (κ3) is 2.14. The minimum atomic E-state index is 1.13. The summed E-state index contributed by atoms with van der Waals surface area (Å²) in [6.07, 6.45) is 4.52. The second-order valence-electron chi connectivity index (χ2n) is 5.21. The van der Waals surface area contributed by atoms with Crippen LogP contribution in [0.2, 0.25) is 0 Å². The second kappa shape index (κ2) is 5.01. The summed E-state index contributed by atoms with van der Waals surface area (Å²) in [5.41, 5.74) is 5.16. The highest BCUT2D eigenvalue weighted by Gasteiger charge is 2.12. The first-order chi connectivity index (χ1) is 10.3. The Balaban J connectivity index is 2.05. The fourth-order valence-electron chi connectivity index (χ4n) is 2.89. The average Bonchev–Trinajstić information content (AvgIpc) is 2.90. The molecule has 0 aliphatic heterocycles. The second-order valence-corrected chi connectivity index (χ2v) is 6.06. The van der Waals surface area contributed by atoms with Gasteiger partial charge in [0.1, 0.15) is 0 Å². The van der Waals surface area contributed by atoms with Crippen LogP contribution < -0.4 is 10.4 Å². The zero-order chi connectivity index (χ0) is 14.2. The Morgan fingerprint density at radius 1 is 0.714 bits per heavy atom.